The number of thioether (sulfide) groups is 1. The molecule has 8 heteroatoms. The van der Waals surface area contributed by atoms with E-state index in [0.29, 0.717) is 5.92 Å². The molecule has 0 saturated carbocycles. The normalized spacial score (nSPS) is 25.7. The van der Waals surface area contributed by atoms with Crippen molar-refractivity contribution in [3.8, 4) is 0 Å². The Balaban J connectivity index is 0.00000300. The van der Waals surface area contributed by atoms with Crippen molar-refractivity contribution >= 4 is 29.5 Å². The van der Waals surface area contributed by atoms with Crippen LogP contribution in [0.25, 0.3) is 0 Å². The number of nitrogens with zero attached hydrogens (tertiary/aromatic N) is 1. The van der Waals surface area contributed by atoms with Crippen LogP contribution < -0.4 is 40.0 Å². The molecule has 1 aromatic carbocycles. The van der Waals surface area contributed by atoms with Gasteiger partial charge in [0.15, 0.2) is 0 Å². The molecule has 0 aromatic heterocycles. The molecule has 1 N–H and O–H groups in total. The van der Waals surface area contributed by atoms with Crippen LogP contribution in [-0.2, 0) is 20.8 Å². The van der Waals surface area contributed by atoms with Crippen molar-refractivity contribution in [3.05, 3.63) is 35.4 Å². The first-order chi connectivity index (χ1) is 13.0. The Morgan fingerprint density at radius 3 is 2.31 bits per heavy atom. The Labute approximate surface area is 198 Å². The van der Waals surface area contributed by atoms with Crippen LogP contribution in [0, 0.1) is 5.92 Å². The Morgan fingerprint density at radius 1 is 1.21 bits per heavy atom. The van der Waals surface area contributed by atoms with Crippen LogP contribution in [0.15, 0.2) is 24.3 Å². The third-order valence-corrected chi connectivity index (χ3v) is 7.05. The third-order valence-electron chi connectivity index (χ3n) is 5.48. The number of aliphatic carboxylic acids is 1. The fourth-order valence-electron chi connectivity index (χ4n) is 3.97. The van der Waals surface area contributed by atoms with Gasteiger partial charge in [-0.3, -0.25) is 9.59 Å². The van der Waals surface area contributed by atoms with E-state index >= 15 is 0 Å². The van der Waals surface area contributed by atoms with Gasteiger partial charge in [-0.2, -0.15) is 0 Å². The molecule has 152 valence electrons. The Bertz CT molecular complexity index is 796. The number of hydrogen-bond acceptors (Lipinski definition) is 5. The fourth-order valence-corrected chi connectivity index (χ4v) is 5.59. The molecule has 2 amide bonds. The Kier molecular flexibility index (Phi) is 7.53. The van der Waals surface area contributed by atoms with Crippen molar-refractivity contribution in [2.75, 3.05) is 0 Å². The van der Waals surface area contributed by atoms with E-state index in [9.17, 15) is 19.5 Å². The molecule has 0 radical (unpaired) electrons. The summed E-state index contributed by atoms with van der Waals surface area (Å²) in [6.45, 7) is 9.70. The molecule has 6 nitrogen and oxygen atoms in total. The molecule has 1 unspecified atom stereocenters. The predicted molar refractivity (Wildman–Crippen MR) is 106 cm³/mol. The van der Waals surface area contributed by atoms with Crippen LogP contribution in [0.3, 0.4) is 0 Å². The van der Waals surface area contributed by atoms with Gasteiger partial charge in [-0.1, -0.05) is 38.1 Å². The Hall–Kier alpha value is -1.02. The maximum atomic E-state index is 12.7. The maximum Gasteiger partial charge on any atom is 1.00 e. The van der Waals surface area contributed by atoms with Gasteiger partial charge in [0.05, 0.1) is 17.9 Å². The van der Waals surface area contributed by atoms with Gasteiger partial charge in [-0.15, -0.1) is 11.8 Å². The van der Waals surface area contributed by atoms with Crippen LogP contribution in [0.1, 0.15) is 51.7 Å². The molecular formula is C21H27N2NaO4S. The second-order valence-corrected chi connectivity index (χ2v) is 10.4. The van der Waals surface area contributed by atoms with Gasteiger partial charge in [0, 0.05) is 4.75 Å². The molecule has 2 heterocycles. The predicted octanol–water partition coefficient (Wildman–Crippen LogP) is -1.71. The zero-order valence-electron chi connectivity index (χ0n) is 17.9. The second-order valence-electron chi connectivity index (χ2n) is 8.63. The van der Waals surface area contributed by atoms with E-state index in [1.54, 1.807) is 13.8 Å². The molecule has 2 aliphatic rings. The van der Waals surface area contributed by atoms with Crippen molar-refractivity contribution in [2.24, 2.45) is 5.92 Å². The van der Waals surface area contributed by atoms with Gasteiger partial charge >= 0.3 is 29.6 Å². The number of amides is 2. The largest absolute Gasteiger partial charge is 1.00 e. The number of nitrogens with one attached hydrogen (secondary N) is 1. The van der Waals surface area contributed by atoms with Crippen molar-refractivity contribution in [1.29, 1.82) is 0 Å². The molecule has 0 spiro atoms. The summed E-state index contributed by atoms with van der Waals surface area (Å²) < 4.78 is -0.656. The second kappa shape index (κ2) is 9.00. The fraction of sp³-hybridized carbons (Fsp3) is 0.571. The van der Waals surface area contributed by atoms with E-state index in [1.165, 1.54) is 22.2 Å². The van der Waals surface area contributed by atoms with Crippen LogP contribution in [0.2, 0.25) is 0 Å². The number of benzene rings is 1. The first-order valence-electron chi connectivity index (χ1n) is 9.63. The number of fused-ring (bicyclic) bond motifs is 1. The van der Waals surface area contributed by atoms with Crippen LogP contribution in [0.4, 0.5) is 0 Å². The third kappa shape index (κ3) is 4.68. The molecule has 2 aliphatic heterocycles. The van der Waals surface area contributed by atoms with Crippen molar-refractivity contribution < 1.29 is 49.0 Å². The number of β-lactam (4-membered cyclic amide) rings is 1. The van der Waals surface area contributed by atoms with Crippen molar-refractivity contribution in [2.45, 2.75) is 69.2 Å². The zero-order valence-corrected chi connectivity index (χ0v) is 20.7. The first kappa shape index (κ1) is 24.3. The number of carbonyl (C=O) groups excluding carboxylic acids is 3. The number of carboxylic acid groups (broad SMARTS) is 1. The maximum absolute atomic E-state index is 12.7. The summed E-state index contributed by atoms with van der Waals surface area (Å²) in [5.41, 5.74) is 2.12. The van der Waals surface area contributed by atoms with E-state index in [0.717, 1.165) is 12.0 Å². The van der Waals surface area contributed by atoms with Gasteiger partial charge < -0.3 is 20.1 Å². The quantitative estimate of drug-likeness (QED) is 0.432. The summed E-state index contributed by atoms with van der Waals surface area (Å²) in [5, 5.41) is 13.9. The topological polar surface area (TPSA) is 89.5 Å². The molecule has 2 fully saturated rings. The minimum atomic E-state index is -1.26. The molecule has 4 atom stereocenters. The summed E-state index contributed by atoms with van der Waals surface area (Å²) in [4.78, 5) is 38.0. The van der Waals surface area contributed by atoms with E-state index in [1.807, 2.05) is 31.2 Å². The van der Waals surface area contributed by atoms with Gasteiger partial charge in [-0.25, -0.2) is 0 Å². The number of rotatable bonds is 6. The molecule has 2 saturated heterocycles. The van der Waals surface area contributed by atoms with E-state index in [-0.39, 0.29) is 46.7 Å². The summed E-state index contributed by atoms with van der Waals surface area (Å²) in [6.07, 6.45) is 0.988. The van der Waals surface area contributed by atoms with Gasteiger partial charge in [-0.05, 0) is 44.2 Å². The number of carboxylic acids is 1. The Morgan fingerprint density at radius 2 is 1.79 bits per heavy atom. The van der Waals surface area contributed by atoms with Crippen LogP contribution >= 0.6 is 11.8 Å². The van der Waals surface area contributed by atoms with Gasteiger partial charge in [0.25, 0.3) is 0 Å². The minimum Gasteiger partial charge on any atom is -0.548 e. The zero-order chi connectivity index (χ0) is 20.8. The molecule has 0 aliphatic carbocycles. The smallest absolute Gasteiger partial charge is 0.548 e. The molecule has 1 aromatic rings. The standard InChI is InChI=1S/C21H28N2O4S.Na/c1-11(2)10-13-6-8-14(9-7-13)12(3)17(24)22-15-18(25)23-16(20(26)27)21(4,5)28-19(15)23;/h6-9,11-12,15-16,19H,10H2,1-5H3,(H,22,24)(H,26,27);/q;+1/p-1/t12?,15-,16+,19-;/m1./s1. The van der Waals surface area contributed by atoms with Crippen molar-refractivity contribution in [3.63, 3.8) is 0 Å². The molecule has 29 heavy (non-hydrogen) atoms. The summed E-state index contributed by atoms with van der Waals surface area (Å²) in [6, 6.07) is 6.31. The number of hydrogen-bond donors (Lipinski definition) is 1. The van der Waals surface area contributed by atoms with Gasteiger partial charge in [0.2, 0.25) is 11.8 Å². The summed E-state index contributed by atoms with van der Waals surface area (Å²) in [7, 11) is 0. The molecule has 3 rings (SSSR count). The number of carbonyl (C=O) groups is 3. The van der Waals surface area contributed by atoms with Crippen LogP contribution in [-0.4, -0.2) is 44.9 Å². The minimum absolute atomic E-state index is 0. The molecular weight excluding hydrogens is 399 g/mol. The molecule has 0 bridgehead atoms. The van der Waals surface area contributed by atoms with Crippen molar-refractivity contribution in [1.82, 2.24) is 10.2 Å². The van der Waals surface area contributed by atoms with E-state index in [4.69, 9.17) is 0 Å². The summed E-state index contributed by atoms with van der Waals surface area (Å²) in [5.74, 6) is -1.67. The van der Waals surface area contributed by atoms with E-state index < -0.39 is 28.7 Å². The average Bonchev–Trinajstić information content (AvgIpc) is 2.87. The average molecular weight is 427 g/mol. The van der Waals surface area contributed by atoms with E-state index in [2.05, 4.69) is 19.2 Å². The monoisotopic (exact) mass is 426 g/mol. The SMILES string of the molecule is CC(C)Cc1ccc(C(C)C(=O)N[C@@H]2C(=O)N3[C@@H]2SC(C)(C)[C@@H]3C(=O)[O-])cc1.[Na+]. The first-order valence-corrected chi connectivity index (χ1v) is 10.5. The summed E-state index contributed by atoms with van der Waals surface area (Å²) >= 11 is 1.39. The van der Waals surface area contributed by atoms with Gasteiger partial charge in [0.1, 0.15) is 11.4 Å². The van der Waals surface area contributed by atoms with Crippen LogP contribution in [0.5, 0.6) is 0 Å².